The van der Waals surface area contributed by atoms with Gasteiger partial charge in [-0.15, -0.1) is 0 Å². The summed E-state index contributed by atoms with van der Waals surface area (Å²) >= 11 is 5.83. The molecule has 1 rings (SSSR count). The van der Waals surface area contributed by atoms with Crippen molar-refractivity contribution in [3.63, 3.8) is 0 Å². The average Bonchev–Trinajstić information content (AvgIpc) is 2.44. The second-order valence-electron chi connectivity index (χ2n) is 4.34. The minimum atomic E-state index is -0.616. The number of hydrogen-bond acceptors (Lipinski definition) is 5. The lowest BCUT2D eigenvalue weighted by molar-refractivity contribution is -0.384. The number of benzene rings is 1. The van der Waals surface area contributed by atoms with E-state index in [2.05, 4.69) is 15.8 Å². The zero-order valence-electron chi connectivity index (χ0n) is 12.1. The van der Waals surface area contributed by atoms with Gasteiger partial charge in [0.05, 0.1) is 21.9 Å². The number of hydrazone groups is 1. The number of nitrogens with one attached hydrogen (secondary N) is 2. The van der Waals surface area contributed by atoms with Gasteiger partial charge < -0.3 is 5.32 Å². The van der Waals surface area contributed by atoms with Gasteiger partial charge in [-0.2, -0.15) is 5.10 Å². The van der Waals surface area contributed by atoms with Crippen molar-refractivity contribution in [2.75, 3.05) is 6.54 Å². The van der Waals surface area contributed by atoms with Crippen LogP contribution in [0, 0.1) is 10.1 Å². The Balaban J connectivity index is 2.73. The van der Waals surface area contributed by atoms with Gasteiger partial charge in [-0.05, 0) is 19.9 Å². The Morgan fingerprint density at radius 1 is 1.41 bits per heavy atom. The van der Waals surface area contributed by atoms with Crippen LogP contribution in [0.25, 0.3) is 0 Å². The van der Waals surface area contributed by atoms with E-state index in [1.807, 2.05) is 0 Å². The van der Waals surface area contributed by atoms with Gasteiger partial charge in [0.2, 0.25) is 5.91 Å². The van der Waals surface area contributed by atoms with E-state index in [0.29, 0.717) is 12.3 Å². The van der Waals surface area contributed by atoms with E-state index in [4.69, 9.17) is 11.6 Å². The topological polar surface area (TPSA) is 114 Å². The molecule has 22 heavy (non-hydrogen) atoms. The van der Waals surface area contributed by atoms with Crippen LogP contribution in [0.4, 0.5) is 5.69 Å². The van der Waals surface area contributed by atoms with Gasteiger partial charge in [-0.25, -0.2) is 5.43 Å². The summed E-state index contributed by atoms with van der Waals surface area (Å²) in [7, 11) is 0. The number of carbonyl (C=O) groups is 2. The van der Waals surface area contributed by atoms with Crippen molar-refractivity contribution in [2.45, 2.75) is 20.3 Å². The Morgan fingerprint density at radius 2 is 2.09 bits per heavy atom. The molecule has 9 heteroatoms. The van der Waals surface area contributed by atoms with Gasteiger partial charge in [-0.1, -0.05) is 11.6 Å². The molecule has 0 aliphatic heterocycles. The smallest absolute Gasteiger partial charge is 0.272 e. The standard InChI is InChI=1S/C13H15ClN4O4/c1-3-15-12(19)6-8(2)16-17-13(20)10-5-4-9(18(21)22)7-11(10)14/h4-5,7H,3,6H2,1-2H3,(H,15,19)(H,17,20)/b16-8-. The van der Waals surface area contributed by atoms with Crippen molar-refractivity contribution in [2.24, 2.45) is 5.10 Å². The second kappa shape index (κ2) is 8.08. The highest BCUT2D eigenvalue weighted by Gasteiger charge is 2.14. The molecule has 1 aromatic carbocycles. The molecule has 0 aromatic heterocycles. The van der Waals surface area contributed by atoms with Crippen LogP contribution in [0.3, 0.4) is 0 Å². The second-order valence-corrected chi connectivity index (χ2v) is 4.75. The first-order valence-electron chi connectivity index (χ1n) is 6.39. The van der Waals surface area contributed by atoms with Gasteiger partial charge in [0.25, 0.3) is 11.6 Å². The normalized spacial score (nSPS) is 11.0. The molecule has 0 aliphatic carbocycles. The number of amides is 2. The number of hydrogen-bond donors (Lipinski definition) is 2. The summed E-state index contributed by atoms with van der Waals surface area (Å²) in [4.78, 5) is 33.2. The lowest BCUT2D eigenvalue weighted by Gasteiger charge is -2.05. The number of carbonyl (C=O) groups excluding carboxylic acids is 2. The van der Waals surface area contributed by atoms with Gasteiger partial charge in [0, 0.05) is 24.4 Å². The first-order valence-corrected chi connectivity index (χ1v) is 6.77. The predicted molar refractivity (Wildman–Crippen MR) is 82.0 cm³/mol. The molecule has 2 N–H and O–H groups in total. The Labute approximate surface area is 131 Å². The molecule has 0 heterocycles. The maximum atomic E-state index is 11.9. The van der Waals surface area contributed by atoms with Crippen LogP contribution in [-0.4, -0.2) is 29.0 Å². The molecule has 0 atom stereocenters. The van der Waals surface area contributed by atoms with Crippen LogP contribution >= 0.6 is 11.6 Å². The van der Waals surface area contributed by atoms with E-state index in [0.717, 1.165) is 6.07 Å². The molecule has 0 radical (unpaired) electrons. The molecule has 1 aromatic rings. The summed E-state index contributed by atoms with van der Waals surface area (Å²) in [6.07, 6.45) is 0.0577. The highest BCUT2D eigenvalue weighted by Crippen LogP contribution is 2.22. The molecule has 118 valence electrons. The summed E-state index contributed by atoms with van der Waals surface area (Å²) < 4.78 is 0. The number of nitro benzene ring substituents is 1. The Hall–Kier alpha value is -2.48. The van der Waals surface area contributed by atoms with Crippen molar-refractivity contribution < 1.29 is 14.5 Å². The van der Waals surface area contributed by atoms with Crippen LogP contribution in [-0.2, 0) is 4.79 Å². The highest BCUT2D eigenvalue weighted by molar-refractivity contribution is 6.34. The number of halogens is 1. The minimum absolute atomic E-state index is 0.0525. The third-order valence-electron chi connectivity index (χ3n) is 2.55. The quantitative estimate of drug-likeness (QED) is 0.472. The van der Waals surface area contributed by atoms with E-state index < -0.39 is 10.8 Å². The molecular weight excluding hydrogens is 312 g/mol. The van der Waals surface area contributed by atoms with Crippen LogP contribution in [0.15, 0.2) is 23.3 Å². The van der Waals surface area contributed by atoms with Crippen LogP contribution in [0.5, 0.6) is 0 Å². The summed E-state index contributed by atoms with van der Waals surface area (Å²) in [6.45, 7) is 3.90. The number of nitrogens with zero attached hydrogens (tertiary/aromatic N) is 2. The molecule has 8 nitrogen and oxygen atoms in total. The molecule has 0 spiro atoms. The Bertz CT molecular complexity index is 630. The number of non-ortho nitro benzene ring substituents is 1. The lowest BCUT2D eigenvalue weighted by atomic mass is 10.2. The fraction of sp³-hybridized carbons (Fsp3) is 0.308. The Morgan fingerprint density at radius 3 is 2.64 bits per heavy atom. The molecule has 0 unspecified atom stereocenters. The number of rotatable bonds is 6. The van der Waals surface area contributed by atoms with Crippen LogP contribution in [0.2, 0.25) is 5.02 Å². The van der Waals surface area contributed by atoms with E-state index in [9.17, 15) is 19.7 Å². The lowest BCUT2D eigenvalue weighted by Crippen LogP contribution is -2.26. The molecular formula is C13H15ClN4O4. The SMILES string of the molecule is CCNC(=O)C/C(C)=N\NC(=O)c1ccc([N+](=O)[O-])cc1Cl. The van der Waals surface area contributed by atoms with Crippen molar-refractivity contribution in [1.82, 2.24) is 10.7 Å². The fourth-order valence-corrected chi connectivity index (χ4v) is 1.80. The minimum Gasteiger partial charge on any atom is -0.356 e. The first kappa shape index (κ1) is 17.6. The van der Waals surface area contributed by atoms with Crippen molar-refractivity contribution in [3.8, 4) is 0 Å². The molecule has 0 bridgehead atoms. The number of nitro groups is 1. The maximum Gasteiger partial charge on any atom is 0.272 e. The fourth-order valence-electron chi connectivity index (χ4n) is 1.54. The van der Waals surface area contributed by atoms with E-state index in [1.165, 1.54) is 12.1 Å². The Kier molecular flexibility index (Phi) is 6.46. The first-order chi connectivity index (χ1) is 10.3. The van der Waals surface area contributed by atoms with Crippen molar-refractivity contribution in [1.29, 1.82) is 0 Å². The van der Waals surface area contributed by atoms with Crippen molar-refractivity contribution in [3.05, 3.63) is 38.9 Å². The molecule has 0 aliphatic rings. The van der Waals surface area contributed by atoms with Crippen LogP contribution in [0.1, 0.15) is 30.6 Å². The molecule has 2 amide bonds. The van der Waals surface area contributed by atoms with E-state index in [1.54, 1.807) is 13.8 Å². The summed E-state index contributed by atoms with van der Waals surface area (Å²) in [5, 5.41) is 16.9. The van der Waals surface area contributed by atoms with Crippen LogP contribution < -0.4 is 10.7 Å². The molecule has 0 saturated heterocycles. The summed E-state index contributed by atoms with van der Waals surface area (Å²) in [5.74, 6) is -0.818. The predicted octanol–water partition coefficient (Wildman–Crippen LogP) is 1.88. The largest absolute Gasteiger partial charge is 0.356 e. The summed E-state index contributed by atoms with van der Waals surface area (Å²) in [5.41, 5.74) is 2.51. The van der Waals surface area contributed by atoms with Gasteiger partial charge in [0.15, 0.2) is 0 Å². The van der Waals surface area contributed by atoms with Gasteiger partial charge >= 0.3 is 0 Å². The van der Waals surface area contributed by atoms with Gasteiger partial charge in [-0.3, -0.25) is 19.7 Å². The molecule has 0 saturated carbocycles. The third kappa shape index (κ3) is 5.13. The third-order valence-corrected chi connectivity index (χ3v) is 2.86. The van der Waals surface area contributed by atoms with E-state index >= 15 is 0 Å². The maximum absolute atomic E-state index is 11.9. The zero-order chi connectivity index (χ0) is 16.7. The summed E-state index contributed by atoms with van der Waals surface area (Å²) in [6, 6.07) is 3.50. The zero-order valence-corrected chi connectivity index (χ0v) is 12.8. The van der Waals surface area contributed by atoms with Crippen molar-refractivity contribution >= 4 is 34.8 Å². The van der Waals surface area contributed by atoms with Gasteiger partial charge in [0.1, 0.15) is 0 Å². The monoisotopic (exact) mass is 326 g/mol. The highest BCUT2D eigenvalue weighted by atomic mass is 35.5. The van der Waals surface area contributed by atoms with E-state index in [-0.39, 0.29) is 28.6 Å². The average molecular weight is 327 g/mol. The molecule has 0 fully saturated rings.